The number of benzene rings is 3. The fraction of sp³-hybridized carbons (Fsp3) is 0.172. The predicted octanol–water partition coefficient (Wildman–Crippen LogP) is 6.15. The molecule has 1 unspecified atom stereocenters. The molecule has 3 aromatic carbocycles. The van der Waals surface area contributed by atoms with Crippen molar-refractivity contribution in [2.24, 2.45) is 0 Å². The number of furan rings is 1. The summed E-state index contributed by atoms with van der Waals surface area (Å²) in [6.07, 6.45) is 0.344. The number of hydrogen-bond acceptors (Lipinski definition) is 6. The number of phenolic OH excluding ortho intramolecular Hbond substituents is 1. The van der Waals surface area contributed by atoms with Crippen molar-refractivity contribution in [3.63, 3.8) is 0 Å². The number of fused-ring (bicyclic) bond motifs is 1. The van der Waals surface area contributed by atoms with Gasteiger partial charge in [0.05, 0.1) is 18.2 Å². The smallest absolute Gasteiger partial charge is 0.290 e. The van der Waals surface area contributed by atoms with Gasteiger partial charge in [0.2, 0.25) is 5.78 Å². The van der Waals surface area contributed by atoms with Crippen molar-refractivity contribution in [2.75, 3.05) is 13.2 Å². The number of halogens is 2. The van der Waals surface area contributed by atoms with Gasteiger partial charge in [0.25, 0.3) is 5.91 Å². The number of nitrogens with zero attached hydrogens (tertiary/aromatic N) is 1. The van der Waals surface area contributed by atoms with Gasteiger partial charge in [0.1, 0.15) is 11.4 Å². The van der Waals surface area contributed by atoms with Crippen LogP contribution in [0.5, 0.6) is 11.5 Å². The van der Waals surface area contributed by atoms with Gasteiger partial charge in [-0.25, -0.2) is 4.39 Å². The van der Waals surface area contributed by atoms with Crippen LogP contribution in [0.1, 0.15) is 34.6 Å². The highest BCUT2D eigenvalue weighted by molar-refractivity contribution is 6.31. The molecule has 1 amide bonds. The van der Waals surface area contributed by atoms with Crippen molar-refractivity contribution in [3.8, 4) is 11.5 Å². The van der Waals surface area contributed by atoms with E-state index < -0.39 is 23.5 Å². The number of ether oxygens (including phenoxy) is 1. The van der Waals surface area contributed by atoms with Crippen LogP contribution in [0.4, 0.5) is 4.39 Å². The molecule has 0 spiro atoms. The first-order valence-corrected chi connectivity index (χ1v) is 12.3. The minimum atomic E-state index is -0.993. The van der Waals surface area contributed by atoms with Crippen LogP contribution in [0.15, 0.2) is 82.5 Å². The molecule has 0 bridgehead atoms. The molecule has 1 aliphatic rings. The first-order chi connectivity index (χ1) is 18.3. The van der Waals surface area contributed by atoms with Crippen LogP contribution in [0, 0.1) is 5.82 Å². The third-order valence-electron chi connectivity index (χ3n) is 6.40. The van der Waals surface area contributed by atoms with Crippen molar-refractivity contribution in [3.05, 3.63) is 106 Å². The molecule has 2 heterocycles. The van der Waals surface area contributed by atoms with Crippen LogP contribution in [0.2, 0.25) is 5.02 Å². The molecule has 9 heteroatoms. The second kappa shape index (κ2) is 10.2. The summed E-state index contributed by atoms with van der Waals surface area (Å²) in [5, 5.41) is 22.2. The highest BCUT2D eigenvalue weighted by Crippen LogP contribution is 2.42. The summed E-state index contributed by atoms with van der Waals surface area (Å²) < 4.78 is 24.6. The number of carbonyl (C=O) groups excluding carboxylic acids is 2. The standard InChI is InChI=1S/C29H23ClFNO6/c1-2-37-23-14-17(5-9-21(23)33)26-25(27(34)24-15-18-13-19(30)6-10-22(18)38-24)28(35)29(36)32(26)12-11-16-3-7-20(31)8-4-16/h3-10,13-15,26,33,35H,2,11-12H2,1H3. The van der Waals surface area contributed by atoms with Gasteiger partial charge in [0, 0.05) is 17.0 Å². The number of ketones is 1. The molecule has 1 atom stereocenters. The minimum Gasteiger partial charge on any atom is -0.504 e. The van der Waals surface area contributed by atoms with Crippen molar-refractivity contribution in [1.82, 2.24) is 4.90 Å². The van der Waals surface area contributed by atoms with Crippen LogP contribution in [0.25, 0.3) is 11.0 Å². The Hall–Kier alpha value is -4.30. The van der Waals surface area contributed by atoms with Gasteiger partial charge in [-0.2, -0.15) is 0 Å². The van der Waals surface area contributed by atoms with Crippen LogP contribution in [0.3, 0.4) is 0 Å². The molecule has 4 aromatic rings. The maximum Gasteiger partial charge on any atom is 0.290 e. The van der Waals surface area contributed by atoms with Crippen molar-refractivity contribution >= 4 is 34.3 Å². The summed E-state index contributed by atoms with van der Waals surface area (Å²) in [7, 11) is 0. The van der Waals surface area contributed by atoms with E-state index in [1.165, 1.54) is 35.2 Å². The molecule has 1 aromatic heterocycles. The molecule has 1 aliphatic heterocycles. The number of amides is 1. The minimum absolute atomic E-state index is 0.0641. The Labute approximate surface area is 222 Å². The van der Waals surface area contributed by atoms with Gasteiger partial charge in [-0.1, -0.05) is 29.8 Å². The summed E-state index contributed by atoms with van der Waals surface area (Å²) in [6.45, 7) is 2.16. The van der Waals surface area contributed by atoms with Crippen molar-refractivity contribution in [1.29, 1.82) is 0 Å². The Bertz CT molecular complexity index is 1580. The molecule has 5 rings (SSSR count). The fourth-order valence-electron chi connectivity index (χ4n) is 4.59. The first-order valence-electron chi connectivity index (χ1n) is 11.9. The van der Waals surface area contributed by atoms with Gasteiger partial charge < -0.3 is 24.3 Å². The normalized spacial score (nSPS) is 15.5. The molecule has 0 saturated carbocycles. The Balaban J connectivity index is 1.56. The van der Waals surface area contributed by atoms with E-state index in [2.05, 4.69) is 0 Å². The number of rotatable bonds is 8. The van der Waals surface area contributed by atoms with E-state index in [0.717, 1.165) is 5.56 Å². The molecule has 2 N–H and O–H groups in total. The molecule has 0 fully saturated rings. The lowest BCUT2D eigenvalue weighted by Gasteiger charge is -2.27. The molecule has 7 nitrogen and oxygen atoms in total. The Morgan fingerprint density at radius 3 is 2.58 bits per heavy atom. The topological polar surface area (TPSA) is 100 Å². The number of Topliss-reactive ketones (excluding diaryl/α,β-unsaturated/α-hetero) is 1. The number of aromatic hydroxyl groups is 1. The maximum atomic E-state index is 13.7. The van der Waals surface area contributed by atoms with Gasteiger partial charge in [-0.05, 0) is 73.0 Å². The summed E-state index contributed by atoms with van der Waals surface area (Å²) in [4.78, 5) is 28.4. The first kappa shape index (κ1) is 25.4. The molecule has 0 saturated heterocycles. The zero-order chi connectivity index (χ0) is 27.0. The van der Waals surface area contributed by atoms with E-state index in [0.29, 0.717) is 28.0 Å². The Morgan fingerprint density at radius 2 is 1.84 bits per heavy atom. The molecule has 0 radical (unpaired) electrons. The lowest BCUT2D eigenvalue weighted by Crippen LogP contribution is -2.33. The average molecular weight is 536 g/mol. The van der Waals surface area contributed by atoms with Crippen LogP contribution >= 0.6 is 11.6 Å². The molecular weight excluding hydrogens is 513 g/mol. The largest absolute Gasteiger partial charge is 0.504 e. The van der Waals surface area contributed by atoms with E-state index in [9.17, 15) is 24.2 Å². The third kappa shape index (κ3) is 4.70. The number of hydrogen-bond donors (Lipinski definition) is 2. The molecule has 194 valence electrons. The molecule has 38 heavy (non-hydrogen) atoms. The number of carbonyl (C=O) groups is 2. The SMILES string of the molecule is CCOc1cc(C2C(C(=O)c3cc4cc(Cl)ccc4o3)=C(O)C(=O)N2CCc2ccc(F)cc2)ccc1O. The van der Waals surface area contributed by atoms with Gasteiger partial charge in [-0.3, -0.25) is 9.59 Å². The second-order valence-electron chi connectivity index (χ2n) is 8.82. The van der Waals surface area contributed by atoms with E-state index in [-0.39, 0.29) is 41.8 Å². The van der Waals surface area contributed by atoms with Crippen molar-refractivity contribution in [2.45, 2.75) is 19.4 Å². The van der Waals surface area contributed by atoms with E-state index >= 15 is 0 Å². The monoisotopic (exact) mass is 535 g/mol. The maximum absolute atomic E-state index is 13.7. The number of aliphatic hydroxyl groups is 1. The molecule has 0 aliphatic carbocycles. The summed E-state index contributed by atoms with van der Waals surface area (Å²) in [6, 6.07) is 15.8. The Kier molecular flexibility index (Phi) is 6.82. The second-order valence-corrected chi connectivity index (χ2v) is 9.26. The number of phenols is 1. The van der Waals surface area contributed by atoms with Crippen LogP contribution in [-0.2, 0) is 11.2 Å². The summed E-state index contributed by atoms with van der Waals surface area (Å²) >= 11 is 6.07. The van der Waals surface area contributed by atoms with E-state index in [1.807, 2.05) is 0 Å². The summed E-state index contributed by atoms with van der Waals surface area (Å²) in [5.41, 5.74) is 1.49. The predicted molar refractivity (Wildman–Crippen MR) is 139 cm³/mol. The lowest BCUT2D eigenvalue weighted by atomic mass is 9.94. The van der Waals surface area contributed by atoms with Gasteiger partial charge >= 0.3 is 0 Å². The van der Waals surface area contributed by atoms with E-state index in [1.54, 1.807) is 43.3 Å². The highest BCUT2D eigenvalue weighted by Gasteiger charge is 2.44. The Morgan fingerprint density at radius 1 is 1.08 bits per heavy atom. The number of aliphatic hydroxyl groups excluding tert-OH is 1. The lowest BCUT2D eigenvalue weighted by molar-refractivity contribution is -0.129. The van der Waals surface area contributed by atoms with Crippen LogP contribution in [-0.4, -0.2) is 40.0 Å². The fourth-order valence-corrected chi connectivity index (χ4v) is 4.77. The van der Waals surface area contributed by atoms with E-state index in [4.69, 9.17) is 20.8 Å². The van der Waals surface area contributed by atoms with Gasteiger partial charge in [-0.15, -0.1) is 0 Å². The molecular formula is C29H23ClFNO6. The highest BCUT2D eigenvalue weighted by atomic mass is 35.5. The van der Waals surface area contributed by atoms with Crippen molar-refractivity contribution < 1.29 is 33.3 Å². The zero-order valence-electron chi connectivity index (χ0n) is 20.3. The quantitative estimate of drug-likeness (QED) is 0.262. The zero-order valence-corrected chi connectivity index (χ0v) is 21.0. The summed E-state index contributed by atoms with van der Waals surface area (Å²) in [5.74, 6) is -2.46. The average Bonchev–Trinajstić information content (AvgIpc) is 3.43. The third-order valence-corrected chi connectivity index (χ3v) is 6.64. The van der Waals surface area contributed by atoms with Gasteiger partial charge in [0.15, 0.2) is 23.0 Å². The van der Waals surface area contributed by atoms with Crippen LogP contribution < -0.4 is 4.74 Å².